The van der Waals surface area contributed by atoms with Crippen molar-refractivity contribution in [2.45, 2.75) is 27.7 Å². The molecular weight excluding hydrogens is 388 g/mol. The van der Waals surface area contributed by atoms with E-state index < -0.39 is 10.8 Å². The number of nitro groups is 1. The number of furan rings is 1. The van der Waals surface area contributed by atoms with E-state index in [1.165, 1.54) is 12.1 Å². The molecule has 0 aliphatic carbocycles. The van der Waals surface area contributed by atoms with Crippen molar-refractivity contribution in [1.29, 1.82) is 0 Å². The minimum atomic E-state index is -0.508. The summed E-state index contributed by atoms with van der Waals surface area (Å²) in [7, 11) is 0. The van der Waals surface area contributed by atoms with E-state index in [0.717, 1.165) is 11.3 Å². The van der Waals surface area contributed by atoms with Crippen LogP contribution >= 0.6 is 0 Å². The molecular formula is C21H18N4O5. The van der Waals surface area contributed by atoms with Crippen LogP contribution in [0.1, 0.15) is 33.1 Å². The molecule has 0 aliphatic rings. The largest absolute Gasteiger partial charge is 0.466 e. The molecule has 3 heterocycles. The first kappa shape index (κ1) is 19.3. The Morgan fingerprint density at radius 1 is 1.13 bits per heavy atom. The van der Waals surface area contributed by atoms with Gasteiger partial charge in [0.25, 0.3) is 17.3 Å². The number of benzene rings is 1. The van der Waals surface area contributed by atoms with Crippen molar-refractivity contribution in [3.8, 4) is 11.3 Å². The Kier molecular flexibility index (Phi) is 4.57. The minimum Gasteiger partial charge on any atom is -0.466 e. The van der Waals surface area contributed by atoms with Crippen LogP contribution in [0.15, 0.2) is 39.3 Å². The third kappa shape index (κ3) is 3.30. The molecule has 4 aromatic rings. The van der Waals surface area contributed by atoms with E-state index in [0.29, 0.717) is 39.3 Å². The molecule has 0 spiro atoms. The lowest BCUT2D eigenvalue weighted by Crippen LogP contribution is -2.14. The van der Waals surface area contributed by atoms with Crippen LogP contribution in [0.4, 0.5) is 11.4 Å². The number of nitro benzene ring substituents is 1. The Bertz CT molecular complexity index is 1320. The number of amides is 1. The maximum absolute atomic E-state index is 13.2. The smallest absolute Gasteiger partial charge is 0.271 e. The molecule has 0 unspecified atom stereocenters. The van der Waals surface area contributed by atoms with Gasteiger partial charge >= 0.3 is 0 Å². The second-order valence-corrected chi connectivity index (χ2v) is 7.04. The average Bonchev–Trinajstić information content (AvgIpc) is 3.24. The summed E-state index contributed by atoms with van der Waals surface area (Å²) in [5, 5.41) is 18.3. The van der Waals surface area contributed by atoms with Gasteiger partial charge in [-0.05, 0) is 45.4 Å². The lowest BCUT2D eigenvalue weighted by Gasteiger charge is -2.10. The zero-order valence-electron chi connectivity index (χ0n) is 16.8. The van der Waals surface area contributed by atoms with E-state index in [-0.39, 0.29) is 11.4 Å². The number of aromatic nitrogens is 2. The summed E-state index contributed by atoms with van der Waals surface area (Å²) in [6, 6.07) is 7.78. The van der Waals surface area contributed by atoms with E-state index in [9.17, 15) is 14.9 Å². The number of nitrogens with one attached hydrogen (secondary N) is 1. The highest BCUT2D eigenvalue weighted by molar-refractivity contribution is 6.13. The first-order chi connectivity index (χ1) is 14.2. The summed E-state index contributed by atoms with van der Waals surface area (Å²) >= 11 is 0. The number of carbonyl (C=O) groups is 1. The molecule has 0 fully saturated rings. The van der Waals surface area contributed by atoms with Crippen LogP contribution in [0.2, 0.25) is 0 Å². The molecule has 0 aliphatic heterocycles. The number of nitrogens with zero attached hydrogens (tertiary/aromatic N) is 3. The van der Waals surface area contributed by atoms with E-state index >= 15 is 0 Å². The molecule has 30 heavy (non-hydrogen) atoms. The van der Waals surface area contributed by atoms with Crippen molar-refractivity contribution in [3.63, 3.8) is 0 Å². The lowest BCUT2D eigenvalue weighted by atomic mass is 10.0. The van der Waals surface area contributed by atoms with Crippen molar-refractivity contribution in [2.75, 3.05) is 5.32 Å². The lowest BCUT2D eigenvalue weighted by molar-refractivity contribution is -0.384. The molecule has 0 saturated heterocycles. The number of pyridine rings is 1. The molecule has 1 N–H and O–H groups in total. The van der Waals surface area contributed by atoms with E-state index in [1.807, 2.05) is 19.9 Å². The van der Waals surface area contributed by atoms with E-state index in [4.69, 9.17) is 8.94 Å². The summed E-state index contributed by atoms with van der Waals surface area (Å²) in [5.41, 5.74) is 3.24. The summed E-state index contributed by atoms with van der Waals surface area (Å²) < 4.78 is 10.9. The second-order valence-electron chi connectivity index (χ2n) is 7.04. The number of fused-ring (bicyclic) bond motifs is 1. The SMILES string of the molecule is Cc1cc(-c2cc(C(=O)Nc3cc([N+](=O)[O-])ccc3C)c3c(C)noc3n2)c(C)o1. The second kappa shape index (κ2) is 7.11. The number of carbonyl (C=O) groups excluding carboxylic acids is 1. The maximum Gasteiger partial charge on any atom is 0.271 e. The molecule has 0 saturated carbocycles. The zero-order valence-corrected chi connectivity index (χ0v) is 16.8. The van der Waals surface area contributed by atoms with Gasteiger partial charge in [0.15, 0.2) is 0 Å². The van der Waals surface area contributed by atoms with Gasteiger partial charge in [0.05, 0.1) is 32.9 Å². The monoisotopic (exact) mass is 406 g/mol. The molecule has 1 amide bonds. The van der Waals surface area contributed by atoms with Crippen LogP contribution in [0.25, 0.3) is 22.4 Å². The molecule has 152 valence electrons. The normalized spacial score (nSPS) is 11.1. The molecule has 0 atom stereocenters. The van der Waals surface area contributed by atoms with Crippen LogP contribution in [0.3, 0.4) is 0 Å². The van der Waals surface area contributed by atoms with Crippen LogP contribution in [0.5, 0.6) is 0 Å². The number of aryl methyl sites for hydroxylation is 4. The highest BCUT2D eigenvalue weighted by Gasteiger charge is 2.22. The molecule has 3 aromatic heterocycles. The van der Waals surface area contributed by atoms with E-state index in [1.54, 1.807) is 26.0 Å². The molecule has 9 heteroatoms. The topological polar surface area (TPSA) is 124 Å². The molecule has 1 aromatic carbocycles. The first-order valence-electron chi connectivity index (χ1n) is 9.15. The van der Waals surface area contributed by atoms with Crippen molar-refractivity contribution < 1.29 is 18.7 Å². The van der Waals surface area contributed by atoms with Crippen LogP contribution in [-0.2, 0) is 0 Å². The Morgan fingerprint density at radius 3 is 2.57 bits per heavy atom. The fraction of sp³-hybridized carbons (Fsp3) is 0.190. The maximum atomic E-state index is 13.2. The number of anilines is 1. The quantitative estimate of drug-likeness (QED) is 0.378. The minimum absolute atomic E-state index is 0.109. The van der Waals surface area contributed by atoms with E-state index in [2.05, 4.69) is 15.5 Å². The Balaban J connectivity index is 1.82. The fourth-order valence-corrected chi connectivity index (χ4v) is 3.34. The highest BCUT2D eigenvalue weighted by Crippen LogP contribution is 2.31. The van der Waals surface area contributed by atoms with Gasteiger partial charge in [-0.25, -0.2) is 4.98 Å². The predicted octanol–water partition coefficient (Wildman–Crippen LogP) is 4.88. The fourth-order valence-electron chi connectivity index (χ4n) is 3.34. The van der Waals surface area contributed by atoms with Gasteiger partial charge in [-0.15, -0.1) is 0 Å². The van der Waals surface area contributed by atoms with Crippen LogP contribution in [-0.4, -0.2) is 21.0 Å². The molecule has 0 radical (unpaired) electrons. The van der Waals surface area contributed by atoms with Gasteiger partial charge in [-0.3, -0.25) is 14.9 Å². The van der Waals surface area contributed by atoms with Crippen molar-refractivity contribution in [2.24, 2.45) is 0 Å². The van der Waals surface area contributed by atoms with Gasteiger partial charge in [-0.2, -0.15) is 0 Å². The zero-order chi connectivity index (χ0) is 21.6. The molecule has 0 bridgehead atoms. The standard InChI is InChI=1S/C21H18N4O5/c1-10-5-6-14(25(27)28)8-17(10)22-20(26)16-9-18(15-7-11(2)29-13(15)4)23-21-19(16)12(3)24-30-21/h5-9H,1-4H3,(H,22,26). The Hall–Kier alpha value is -4.01. The summed E-state index contributed by atoms with van der Waals surface area (Å²) in [4.78, 5) is 28.3. The van der Waals surface area contributed by atoms with Crippen molar-refractivity contribution >= 4 is 28.4 Å². The summed E-state index contributed by atoms with van der Waals surface area (Å²) in [6.45, 7) is 7.11. The van der Waals surface area contributed by atoms with Crippen molar-refractivity contribution in [1.82, 2.24) is 10.1 Å². The summed E-state index contributed by atoms with van der Waals surface area (Å²) in [5.74, 6) is 0.935. The van der Waals surface area contributed by atoms with Gasteiger partial charge < -0.3 is 14.3 Å². The Labute approximate surface area is 170 Å². The third-order valence-corrected chi connectivity index (χ3v) is 4.86. The third-order valence-electron chi connectivity index (χ3n) is 4.86. The van der Waals surface area contributed by atoms with Gasteiger partial charge in [0.1, 0.15) is 11.5 Å². The van der Waals surface area contributed by atoms with Crippen LogP contribution < -0.4 is 5.32 Å². The average molecular weight is 406 g/mol. The van der Waals surface area contributed by atoms with Crippen LogP contribution in [0, 0.1) is 37.8 Å². The van der Waals surface area contributed by atoms with Gasteiger partial charge in [-0.1, -0.05) is 11.2 Å². The predicted molar refractivity (Wildman–Crippen MR) is 110 cm³/mol. The summed E-state index contributed by atoms with van der Waals surface area (Å²) in [6.07, 6.45) is 0. The van der Waals surface area contributed by atoms with Gasteiger partial charge in [0.2, 0.25) is 0 Å². The number of hydrogen-bond acceptors (Lipinski definition) is 7. The van der Waals surface area contributed by atoms with Crippen molar-refractivity contribution in [3.05, 3.63) is 68.8 Å². The first-order valence-corrected chi connectivity index (χ1v) is 9.15. The molecule has 4 rings (SSSR count). The highest BCUT2D eigenvalue weighted by atomic mass is 16.6. The number of rotatable bonds is 4. The van der Waals surface area contributed by atoms with Gasteiger partial charge in [0, 0.05) is 17.7 Å². The molecule has 9 nitrogen and oxygen atoms in total. The number of non-ortho nitro benzene ring substituents is 1. The Morgan fingerprint density at radius 2 is 1.90 bits per heavy atom. The number of hydrogen-bond donors (Lipinski definition) is 1.